The highest BCUT2D eigenvalue weighted by atomic mass is 15.0. The van der Waals surface area contributed by atoms with E-state index in [1.165, 1.54) is 12.0 Å². The largest absolute Gasteiger partial charge is 0.308 e. The second-order valence-corrected chi connectivity index (χ2v) is 4.84. The summed E-state index contributed by atoms with van der Waals surface area (Å²) >= 11 is 0. The molecule has 18 heavy (non-hydrogen) atoms. The Balaban J connectivity index is 1.55. The van der Waals surface area contributed by atoms with Crippen molar-refractivity contribution in [2.24, 2.45) is 0 Å². The first-order valence-electron chi connectivity index (χ1n) is 6.40. The summed E-state index contributed by atoms with van der Waals surface area (Å²) in [4.78, 5) is 8.50. The minimum absolute atomic E-state index is 0.600. The molecule has 3 nitrogen and oxygen atoms in total. The van der Waals surface area contributed by atoms with E-state index in [9.17, 15) is 0 Å². The molecule has 1 aromatic heterocycles. The summed E-state index contributed by atoms with van der Waals surface area (Å²) in [5.41, 5.74) is 2.51. The second-order valence-electron chi connectivity index (χ2n) is 4.84. The van der Waals surface area contributed by atoms with Gasteiger partial charge in [0, 0.05) is 24.7 Å². The maximum Gasteiger partial charge on any atom is 0.125 e. The Kier molecular flexibility index (Phi) is 3.07. The van der Waals surface area contributed by atoms with Crippen LogP contribution in [0.15, 0.2) is 42.6 Å². The highest BCUT2D eigenvalue weighted by molar-refractivity contribution is 5.27. The van der Waals surface area contributed by atoms with Gasteiger partial charge in [0.15, 0.2) is 0 Å². The van der Waals surface area contributed by atoms with E-state index in [0.717, 1.165) is 18.1 Å². The highest BCUT2D eigenvalue weighted by Gasteiger charge is 2.37. The molecule has 0 saturated heterocycles. The Morgan fingerprint density at radius 1 is 1.22 bits per heavy atom. The van der Waals surface area contributed by atoms with Crippen LogP contribution in [0.25, 0.3) is 0 Å². The number of aromatic nitrogens is 2. The quantitative estimate of drug-likeness (QED) is 0.890. The number of rotatable bonds is 4. The van der Waals surface area contributed by atoms with Crippen molar-refractivity contribution in [3.05, 3.63) is 59.7 Å². The van der Waals surface area contributed by atoms with Crippen molar-refractivity contribution >= 4 is 0 Å². The molecular weight excluding hydrogens is 222 g/mol. The van der Waals surface area contributed by atoms with Crippen molar-refractivity contribution in [3.63, 3.8) is 0 Å². The Labute approximate surface area is 107 Å². The number of aryl methyl sites for hydroxylation is 1. The molecule has 1 N–H and O–H groups in total. The lowest BCUT2D eigenvalue weighted by Crippen LogP contribution is -2.18. The number of benzene rings is 1. The molecule has 1 fully saturated rings. The fraction of sp³-hybridized carbons (Fsp3) is 0.333. The minimum Gasteiger partial charge on any atom is -0.308 e. The predicted octanol–water partition coefficient (Wildman–Crippen LogP) is 2.43. The van der Waals surface area contributed by atoms with Crippen LogP contribution in [0.5, 0.6) is 0 Å². The SMILES string of the molecule is Cc1nccc(CNC2CC2c2ccccc2)n1. The molecule has 0 spiro atoms. The molecule has 1 aliphatic rings. The van der Waals surface area contributed by atoms with Crippen molar-refractivity contribution in [2.45, 2.75) is 31.8 Å². The van der Waals surface area contributed by atoms with Gasteiger partial charge in [0.2, 0.25) is 0 Å². The zero-order chi connectivity index (χ0) is 12.4. The van der Waals surface area contributed by atoms with Crippen molar-refractivity contribution < 1.29 is 0 Å². The van der Waals surface area contributed by atoms with Crippen LogP contribution in [0.2, 0.25) is 0 Å². The highest BCUT2D eigenvalue weighted by Crippen LogP contribution is 2.40. The van der Waals surface area contributed by atoms with Crippen molar-refractivity contribution in [1.29, 1.82) is 0 Å². The van der Waals surface area contributed by atoms with Gasteiger partial charge in [-0.2, -0.15) is 0 Å². The van der Waals surface area contributed by atoms with E-state index >= 15 is 0 Å². The summed E-state index contributed by atoms with van der Waals surface area (Å²) < 4.78 is 0. The standard InChI is InChI=1S/C15H17N3/c1-11-16-8-7-13(18-11)10-17-15-9-14(15)12-5-3-2-4-6-12/h2-8,14-15,17H,9-10H2,1H3. The molecule has 1 saturated carbocycles. The molecule has 0 amide bonds. The third kappa shape index (κ3) is 2.57. The maximum atomic E-state index is 4.40. The lowest BCUT2D eigenvalue weighted by Gasteiger charge is -2.04. The van der Waals surface area contributed by atoms with Gasteiger partial charge in [-0.25, -0.2) is 9.97 Å². The van der Waals surface area contributed by atoms with E-state index in [1.54, 1.807) is 0 Å². The van der Waals surface area contributed by atoms with E-state index in [-0.39, 0.29) is 0 Å². The molecular formula is C15H17N3. The van der Waals surface area contributed by atoms with E-state index in [2.05, 4.69) is 45.6 Å². The molecule has 2 atom stereocenters. The average Bonchev–Trinajstić information content (AvgIpc) is 3.17. The van der Waals surface area contributed by atoms with E-state index in [0.29, 0.717) is 12.0 Å². The van der Waals surface area contributed by atoms with Crippen LogP contribution in [0.3, 0.4) is 0 Å². The van der Waals surface area contributed by atoms with Gasteiger partial charge >= 0.3 is 0 Å². The first-order chi connectivity index (χ1) is 8.83. The van der Waals surface area contributed by atoms with Crippen LogP contribution in [0.4, 0.5) is 0 Å². The second kappa shape index (κ2) is 4.86. The number of nitrogens with one attached hydrogen (secondary N) is 1. The van der Waals surface area contributed by atoms with E-state index in [4.69, 9.17) is 0 Å². The summed E-state index contributed by atoms with van der Waals surface area (Å²) in [6, 6.07) is 13.3. The molecule has 1 aliphatic carbocycles. The van der Waals surface area contributed by atoms with Crippen LogP contribution in [0.1, 0.15) is 29.4 Å². The summed E-state index contributed by atoms with van der Waals surface area (Å²) in [6.07, 6.45) is 3.05. The molecule has 0 aliphatic heterocycles. The average molecular weight is 239 g/mol. The molecule has 2 aromatic rings. The fourth-order valence-corrected chi connectivity index (χ4v) is 2.33. The maximum absolute atomic E-state index is 4.40. The summed E-state index contributed by atoms with van der Waals surface area (Å²) in [5.74, 6) is 1.51. The molecule has 1 aromatic carbocycles. The third-order valence-corrected chi connectivity index (χ3v) is 3.40. The van der Waals surface area contributed by atoms with Gasteiger partial charge in [-0.1, -0.05) is 30.3 Å². The topological polar surface area (TPSA) is 37.8 Å². The number of hydrogen-bond donors (Lipinski definition) is 1. The van der Waals surface area contributed by atoms with Crippen LogP contribution in [-0.2, 0) is 6.54 Å². The van der Waals surface area contributed by atoms with Crippen molar-refractivity contribution in [2.75, 3.05) is 0 Å². The minimum atomic E-state index is 0.600. The molecule has 0 radical (unpaired) electrons. The normalized spacial score (nSPS) is 21.8. The van der Waals surface area contributed by atoms with Crippen molar-refractivity contribution in [3.8, 4) is 0 Å². The van der Waals surface area contributed by atoms with Gasteiger partial charge in [-0.05, 0) is 25.0 Å². The van der Waals surface area contributed by atoms with Gasteiger partial charge in [0.25, 0.3) is 0 Å². The van der Waals surface area contributed by atoms with Crippen molar-refractivity contribution in [1.82, 2.24) is 15.3 Å². The Hall–Kier alpha value is -1.74. The molecule has 3 rings (SSSR count). The number of nitrogens with zero attached hydrogens (tertiary/aromatic N) is 2. The van der Waals surface area contributed by atoms with Crippen LogP contribution in [-0.4, -0.2) is 16.0 Å². The van der Waals surface area contributed by atoms with E-state index < -0.39 is 0 Å². The Morgan fingerprint density at radius 3 is 2.83 bits per heavy atom. The van der Waals surface area contributed by atoms with Crippen LogP contribution < -0.4 is 5.32 Å². The number of hydrogen-bond acceptors (Lipinski definition) is 3. The van der Waals surface area contributed by atoms with E-state index in [1.807, 2.05) is 19.2 Å². The predicted molar refractivity (Wildman–Crippen MR) is 71.2 cm³/mol. The van der Waals surface area contributed by atoms with Crippen LogP contribution >= 0.6 is 0 Å². The smallest absolute Gasteiger partial charge is 0.125 e. The first kappa shape index (κ1) is 11.4. The first-order valence-corrected chi connectivity index (χ1v) is 6.40. The summed E-state index contributed by atoms with van der Waals surface area (Å²) in [6.45, 7) is 2.75. The van der Waals surface area contributed by atoms with Gasteiger partial charge < -0.3 is 5.32 Å². The van der Waals surface area contributed by atoms with Gasteiger partial charge in [0.05, 0.1) is 5.69 Å². The molecule has 2 unspecified atom stereocenters. The third-order valence-electron chi connectivity index (χ3n) is 3.40. The lowest BCUT2D eigenvalue weighted by molar-refractivity contribution is 0.657. The zero-order valence-electron chi connectivity index (χ0n) is 10.5. The molecule has 0 bridgehead atoms. The fourth-order valence-electron chi connectivity index (χ4n) is 2.33. The molecule has 3 heteroatoms. The monoisotopic (exact) mass is 239 g/mol. The molecule has 1 heterocycles. The zero-order valence-corrected chi connectivity index (χ0v) is 10.5. The summed E-state index contributed by atoms with van der Waals surface area (Å²) in [7, 11) is 0. The Morgan fingerprint density at radius 2 is 2.06 bits per heavy atom. The Bertz CT molecular complexity index is 524. The lowest BCUT2D eigenvalue weighted by atomic mass is 10.1. The van der Waals surface area contributed by atoms with Gasteiger partial charge in [0.1, 0.15) is 5.82 Å². The van der Waals surface area contributed by atoms with Gasteiger partial charge in [-0.15, -0.1) is 0 Å². The molecule has 92 valence electrons. The van der Waals surface area contributed by atoms with Gasteiger partial charge in [-0.3, -0.25) is 0 Å². The summed E-state index contributed by atoms with van der Waals surface area (Å²) in [5, 5.41) is 3.56. The van der Waals surface area contributed by atoms with Crippen LogP contribution in [0, 0.1) is 6.92 Å².